The topological polar surface area (TPSA) is 0 Å². The summed E-state index contributed by atoms with van der Waals surface area (Å²) in [7, 11) is 0. The normalized spacial score (nSPS) is 29.0. The smallest absolute Gasteiger partial charge is 0.0172 e. The van der Waals surface area contributed by atoms with Crippen LogP contribution in [0.25, 0.3) is 0 Å². The average molecular weight is 176 g/mol. The molecule has 2 aliphatic carbocycles. The monoisotopic (exact) mass is 176 g/mol. The third kappa shape index (κ3) is 3.63. The van der Waals surface area contributed by atoms with E-state index in [1.165, 1.54) is 19.3 Å². The lowest BCUT2D eigenvalue weighted by Gasteiger charge is -1.96. The Bertz CT molecular complexity index is 186. The molecule has 72 valence electrons. The van der Waals surface area contributed by atoms with Gasteiger partial charge < -0.3 is 0 Å². The van der Waals surface area contributed by atoms with Gasteiger partial charge in [0.25, 0.3) is 0 Å². The highest BCUT2D eigenvalue weighted by molar-refractivity contribution is 5.06. The molecule has 0 heterocycles. The minimum absolute atomic E-state index is 0.991. The quantitative estimate of drug-likeness (QED) is 0.555. The standard InChI is InChI=1S/C7H10.C6H10/c1-2-7-4-3-6(1)5-7;1-3-5-6-4-2/h1-2,6-7H,3-5H2;3-4,6H,1,5H2,2H3. The molecule has 1 fully saturated rings. The van der Waals surface area contributed by atoms with E-state index in [2.05, 4.69) is 24.8 Å². The van der Waals surface area contributed by atoms with Crippen molar-refractivity contribution in [2.45, 2.75) is 32.6 Å². The molecule has 2 aliphatic rings. The molecule has 0 aromatic heterocycles. The lowest BCUT2D eigenvalue weighted by molar-refractivity contribution is 0.691. The van der Waals surface area contributed by atoms with Gasteiger partial charge in [-0.1, -0.05) is 30.4 Å². The van der Waals surface area contributed by atoms with Gasteiger partial charge >= 0.3 is 0 Å². The van der Waals surface area contributed by atoms with E-state index in [1.54, 1.807) is 0 Å². The number of hydrogen-bond acceptors (Lipinski definition) is 0. The van der Waals surface area contributed by atoms with Crippen molar-refractivity contribution >= 4 is 0 Å². The van der Waals surface area contributed by atoms with E-state index in [4.69, 9.17) is 0 Å². The van der Waals surface area contributed by atoms with Gasteiger partial charge in [-0.05, 0) is 44.4 Å². The van der Waals surface area contributed by atoms with Crippen LogP contribution in [-0.2, 0) is 0 Å². The summed E-state index contributed by atoms with van der Waals surface area (Å²) in [6.07, 6.45) is 16.1. The maximum Gasteiger partial charge on any atom is -0.0172 e. The van der Waals surface area contributed by atoms with Gasteiger partial charge in [0, 0.05) is 0 Å². The fourth-order valence-electron chi connectivity index (χ4n) is 1.95. The van der Waals surface area contributed by atoms with Crippen LogP contribution in [0.3, 0.4) is 0 Å². The fraction of sp³-hybridized carbons (Fsp3) is 0.538. The Morgan fingerprint density at radius 1 is 1.31 bits per heavy atom. The predicted octanol–water partition coefficient (Wildman–Crippen LogP) is 4.11. The molecular weight excluding hydrogens is 156 g/mol. The van der Waals surface area contributed by atoms with Crippen molar-refractivity contribution < 1.29 is 0 Å². The van der Waals surface area contributed by atoms with E-state index in [0.717, 1.165) is 18.3 Å². The van der Waals surface area contributed by atoms with Gasteiger partial charge in [-0.3, -0.25) is 0 Å². The second-order valence-electron chi connectivity index (χ2n) is 3.81. The number of hydrogen-bond donors (Lipinski definition) is 0. The van der Waals surface area contributed by atoms with E-state index in [0.29, 0.717) is 0 Å². The van der Waals surface area contributed by atoms with Gasteiger partial charge in [-0.15, -0.1) is 6.58 Å². The van der Waals surface area contributed by atoms with Crippen molar-refractivity contribution in [3.63, 3.8) is 0 Å². The zero-order valence-corrected chi connectivity index (χ0v) is 8.58. The number of rotatable bonds is 2. The molecule has 0 aliphatic heterocycles. The molecule has 0 nitrogen and oxygen atoms in total. The SMILES string of the molecule is C1=CC2CCC1C2.C=CCC=CC. The van der Waals surface area contributed by atoms with Crippen molar-refractivity contribution in [1.29, 1.82) is 0 Å². The van der Waals surface area contributed by atoms with Gasteiger partial charge in [0.15, 0.2) is 0 Å². The average Bonchev–Trinajstić information content (AvgIpc) is 2.79. The molecule has 0 aromatic carbocycles. The van der Waals surface area contributed by atoms with E-state index in [-0.39, 0.29) is 0 Å². The van der Waals surface area contributed by atoms with Crippen LogP contribution in [0.1, 0.15) is 32.6 Å². The Hall–Kier alpha value is -0.780. The predicted molar refractivity (Wildman–Crippen MR) is 59.6 cm³/mol. The summed E-state index contributed by atoms with van der Waals surface area (Å²) < 4.78 is 0. The van der Waals surface area contributed by atoms with E-state index >= 15 is 0 Å². The van der Waals surface area contributed by atoms with E-state index in [1.807, 2.05) is 19.1 Å². The summed E-state index contributed by atoms with van der Waals surface area (Å²) in [5.74, 6) is 1.98. The van der Waals surface area contributed by atoms with Crippen molar-refractivity contribution in [2.24, 2.45) is 11.8 Å². The summed E-state index contributed by atoms with van der Waals surface area (Å²) in [4.78, 5) is 0. The van der Waals surface area contributed by atoms with E-state index in [9.17, 15) is 0 Å². The maximum absolute atomic E-state index is 3.55. The Morgan fingerprint density at radius 2 is 1.92 bits per heavy atom. The lowest BCUT2D eigenvalue weighted by Crippen LogP contribution is -1.82. The lowest BCUT2D eigenvalue weighted by atomic mass is 10.1. The molecule has 1 saturated carbocycles. The summed E-state index contributed by atoms with van der Waals surface area (Å²) in [6.45, 7) is 5.55. The zero-order chi connectivity index (χ0) is 9.52. The first-order valence-electron chi connectivity index (χ1n) is 5.27. The first-order valence-corrected chi connectivity index (χ1v) is 5.27. The number of allylic oxidation sites excluding steroid dienone is 5. The van der Waals surface area contributed by atoms with Crippen molar-refractivity contribution in [3.05, 3.63) is 37.0 Å². The fourth-order valence-corrected chi connectivity index (χ4v) is 1.95. The van der Waals surface area contributed by atoms with Crippen LogP contribution in [-0.4, -0.2) is 0 Å². The van der Waals surface area contributed by atoms with Crippen LogP contribution < -0.4 is 0 Å². The third-order valence-corrected chi connectivity index (χ3v) is 2.71. The Balaban J connectivity index is 0.000000133. The molecule has 0 saturated heterocycles. The molecule has 2 bridgehead atoms. The Kier molecular flexibility index (Phi) is 4.59. The molecule has 0 amide bonds. The molecule has 13 heavy (non-hydrogen) atoms. The molecule has 0 heteroatoms. The van der Waals surface area contributed by atoms with Crippen LogP contribution in [0, 0.1) is 11.8 Å². The second kappa shape index (κ2) is 5.80. The molecule has 2 unspecified atom stereocenters. The van der Waals surface area contributed by atoms with Gasteiger partial charge in [0.2, 0.25) is 0 Å². The first-order chi connectivity index (χ1) is 6.36. The van der Waals surface area contributed by atoms with E-state index < -0.39 is 0 Å². The molecule has 2 atom stereocenters. The molecule has 2 rings (SSSR count). The van der Waals surface area contributed by atoms with Gasteiger partial charge in [0.05, 0.1) is 0 Å². The maximum atomic E-state index is 3.55. The number of fused-ring (bicyclic) bond motifs is 2. The highest BCUT2D eigenvalue weighted by Gasteiger charge is 2.25. The van der Waals surface area contributed by atoms with Crippen LogP contribution in [0.2, 0.25) is 0 Å². The van der Waals surface area contributed by atoms with Gasteiger partial charge in [-0.25, -0.2) is 0 Å². The molecule has 0 aromatic rings. The minimum atomic E-state index is 0.991. The van der Waals surface area contributed by atoms with Crippen molar-refractivity contribution in [1.82, 2.24) is 0 Å². The summed E-state index contributed by atoms with van der Waals surface area (Å²) in [5.41, 5.74) is 0. The largest absolute Gasteiger partial charge is 0.103 e. The third-order valence-electron chi connectivity index (χ3n) is 2.71. The Labute approximate surface area is 82.0 Å². The summed E-state index contributed by atoms with van der Waals surface area (Å²) >= 11 is 0. The molecule has 0 radical (unpaired) electrons. The van der Waals surface area contributed by atoms with Crippen molar-refractivity contribution in [3.8, 4) is 0 Å². The first kappa shape index (κ1) is 10.3. The zero-order valence-electron chi connectivity index (χ0n) is 8.58. The van der Waals surface area contributed by atoms with Crippen LogP contribution in [0.4, 0.5) is 0 Å². The second-order valence-corrected chi connectivity index (χ2v) is 3.81. The summed E-state index contributed by atoms with van der Waals surface area (Å²) in [6, 6.07) is 0. The van der Waals surface area contributed by atoms with Crippen LogP contribution in [0.5, 0.6) is 0 Å². The molecule has 0 spiro atoms. The minimum Gasteiger partial charge on any atom is -0.103 e. The van der Waals surface area contributed by atoms with Gasteiger partial charge in [-0.2, -0.15) is 0 Å². The molecular formula is C13H20. The van der Waals surface area contributed by atoms with Crippen LogP contribution in [0.15, 0.2) is 37.0 Å². The van der Waals surface area contributed by atoms with Crippen molar-refractivity contribution in [2.75, 3.05) is 0 Å². The Morgan fingerprint density at radius 3 is 2.08 bits per heavy atom. The van der Waals surface area contributed by atoms with Gasteiger partial charge in [0.1, 0.15) is 0 Å². The highest BCUT2D eigenvalue weighted by Crippen LogP contribution is 2.38. The van der Waals surface area contributed by atoms with Crippen LogP contribution >= 0.6 is 0 Å². The highest BCUT2D eigenvalue weighted by atomic mass is 14.3. The summed E-state index contributed by atoms with van der Waals surface area (Å²) in [5, 5.41) is 0. The molecule has 0 N–H and O–H groups in total.